The fraction of sp³-hybridized carbons (Fsp3) is 0.364. The van der Waals surface area contributed by atoms with Crippen LogP contribution in [0.2, 0.25) is 0 Å². The number of rotatable bonds is 6. The predicted molar refractivity (Wildman–Crippen MR) is 106 cm³/mol. The number of carbonyl (C=O) groups is 2. The van der Waals surface area contributed by atoms with Gasteiger partial charge in [-0.1, -0.05) is 31.5 Å². The number of hydrogen-bond donors (Lipinski definition) is 1. The first-order valence-electron chi connectivity index (χ1n) is 9.65. The van der Waals surface area contributed by atoms with Crippen LogP contribution in [0.3, 0.4) is 0 Å². The second kappa shape index (κ2) is 8.68. The second-order valence-corrected chi connectivity index (χ2v) is 7.24. The maximum atomic E-state index is 12.8. The largest absolute Gasteiger partial charge is 0.416 e. The van der Waals surface area contributed by atoms with Crippen LogP contribution in [0.25, 0.3) is 0 Å². The number of unbranched alkanes of at least 4 members (excludes halogenated alkanes) is 1. The molecule has 2 aromatic carbocycles. The number of amides is 2. The van der Waals surface area contributed by atoms with E-state index in [1.54, 1.807) is 4.90 Å². The highest BCUT2D eigenvalue weighted by molar-refractivity contribution is 6.03. The van der Waals surface area contributed by atoms with E-state index in [0.29, 0.717) is 0 Å². The van der Waals surface area contributed by atoms with Gasteiger partial charge in [-0.25, -0.2) is 0 Å². The summed E-state index contributed by atoms with van der Waals surface area (Å²) in [6.07, 6.45) is -1.27. The molecule has 29 heavy (non-hydrogen) atoms. The van der Waals surface area contributed by atoms with Gasteiger partial charge in [0.25, 0.3) is 0 Å². The van der Waals surface area contributed by atoms with Crippen LogP contribution >= 0.6 is 0 Å². The van der Waals surface area contributed by atoms with Crippen molar-refractivity contribution in [3.63, 3.8) is 0 Å². The van der Waals surface area contributed by atoms with Crippen LogP contribution < -0.4 is 10.2 Å². The van der Waals surface area contributed by atoms with E-state index in [1.807, 2.05) is 24.3 Å². The summed E-state index contributed by atoms with van der Waals surface area (Å²) < 4.78 is 38.5. The molecule has 0 saturated carbocycles. The third kappa shape index (κ3) is 5.16. The molecule has 0 aromatic heterocycles. The van der Waals surface area contributed by atoms with Crippen LogP contribution in [0.4, 0.5) is 24.5 Å². The standard InChI is InChI=1S/C22H23F3N2O2/c1-2-3-5-15-8-10-19(11-9-15)27-14-16(12-20(27)28)21(29)26-18-7-4-6-17(13-18)22(23,24)25/h4,6-11,13,16H,2-3,5,12,14H2,1H3,(H,26,29)/t16-/m0/s1. The number of nitrogens with one attached hydrogen (secondary N) is 1. The lowest BCUT2D eigenvalue weighted by Crippen LogP contribution is -2.28. The van der Waals surface area contributed by atoms with Gasteiger partial charge in [0.1, 0.15) is 0 Å². The monoisotopic (exact) mass is 404 g/mol. The van der Waals surface area contributed by atoms with Gasteiger partial charge in [-0.05, 0) is 48.7 Å². The zero-order valence-corrected chi connectivity index (χ0v) is 16.1. The van der Waals surface area contributed by atoms with Crippen molar-refractivity contribution in [1.29, 1.82) is 0 Å². The van der Waals surface area contributed by atoms with Gasteiger partial charge in [0.2, 0.25) is 11.8 Å². The first-order chi connectivity index (χ1) is 13.8. The Morgan fingerprint density at radius 3 is 2.55 bits per heavy atom. The minimum absolute atomic E-state index is 0.0301. The Kier molecular flexibility index (Phi) is 6.25. The highest BCUT2D eigenvalue weighted by Gasteiger charge is 2.35. The molecule has 3 rings (SSSR count). The van der Waals surface area contributed by atoms with Crippen molar-refractivity contribution < 1.29 is 22.8 Å². The summed E-state index contributed by atoms with van der Waals surface area (Å²) in [5.41, 5.74) is 1.16. The van der Waals surface area contributed by atoms with E-state index in [1.165, 1.54) is 17.7 Å². The fourth-order valence-electron chi connectivity index (χ4n) is 3.37. The number of alkyl halides is 3. The quantitative estimate of drug-likeness (QED) is 0.733. The van der Waals surface area contributed by atoms with Crippen molar-refractivity contribution in [3.8, 4) is 0 Å². The lowest BCUT2D eigenvalue weighted by atomic mass is 10.1. The van der Waals surface area contributed by atoms with Gasteiger partial charge in [-0.2, -0.15) is 13.2 Å². The molecule has 2 amide bonds. The second-order valence-electron chi connectivity index (χ2n) is 7.24. The summed E-state index contributed by atoms with van der Waals surface area (Å²) in [5, 5.41) is 2.50. The van der Waals surface area contributed by atoms with Crippen molar-refractivity contribution in [2.24, 2.45) is 5.92 Å². The molecule has 1 aliphatic rings. The van der Waals surface area contributed by atoms with Crippen molar-refractivity contribution in [1.82, 2.24) is 0 Å². The van der Waals surface area contributed by atoms with Gasteiger partial charge in [0.15, 0.2) is 0 Å². The maximum absolute atomic E-state index is 12.8. The van der Waals surface area contributed by atoms with Gasteiger partial charge >= 0.3 is 6.18 Å². The first kappa shape index (κ1) is 20.9. The van der Waals surface area contributed by atoms with E-state index in [4.69, 9.17) is 0 Å². The minimum Gasteiger partial charge on any atom is -0.326 e. The molecule has 0 bridgehead atoms. The topological polar surface area (TPSA) is 49.4 Å². The van der Waals surface area contributed by atoms with Crippen molar-refractivity contribution in [2.45, 2.75) is 38.8 Å². The number of benzene rings is 2. The third-order valence-corrected chi connectivity index (χ3v) is 5.02. The SMILES string of the molecule is CCCCc1ccc(N2C[C@@H](C(=O)Nc3cccc(C(F)(F)F)c3)CC2=O)cc1. The smallest absolute Gasteiger partial charge is 0.326 e. The number of halogens is 3. The van der Waals surface area contributed by atoms with E-state index in [0.717, 1.165) is 37.1 Å². The number of aryl methyl sites for hydroxylation is 1. The molecule has 0 spiro atoms. The Labute approximate surface area is 167 Å². The Balaban J connectivity index is 1.64. The molecule has 7 heteroatoms. The molecule has 1 heterocycles. The molecular formula is C22H23F3N2O2. The average molecular weight is 404 g/mol. The minimum atomic E-state index is -4.48. The molecule has 1 N–H and O–H groups in total. The molecule has 1 fully saturated rings. The lowest BCUT2D eigenvalue weighted by molar-refractivity contribution is -0.137. The summed E-state index contributed by atoms with van der Waals surface area (Å²) in [6, 6.07) is 12.2. The number of hydrogen-bond acceptors (Lipinski definition) is 2. The Bertz CT molecular complexity index is 878. The number of anilines is 2. The van der Waals surface area contributed by atoms with Crippen molar-refractivity contribution >= 4 is 23.2 Å². The molecule has 1 saturated heterocycles. The van der Waals surface area contributed by atoms with E-state index in [9.17, 15) is 22.8 Å². The molecule has 2 aromatic rings. The van der Waals surface area contributed by atoms with Crippen LogP contribution in [0.1, 0.15) is 37.3 Å². The highest BCUT2D eigenvalue weighted by atomic mass is 19.4. The predicted octanol–water partition coefficient (Wildman–Crippen LogP) is 5.04. The van der Waals surface area contributed by atoms with E-state index in [2.05, 4.69) is 12.2 Å². The zero-order chi connectivity index (χ0) is 21.0. The summed E-state index contributed by atoms with van der Waals surface area (Å²) in [7, 11) is 0. The molecule has 1 aliphatic heterocycles. The van der Waals surface area contributed by atoms with Gasteiger partial charge < -0.3 is 10.2 Å². The van der Waals surface area contributed by atoms with Crippen LogP contribution in [0.5, 0.6) is 0 Å². The van der Waals surface area contributed by atoms with Crippen molar-refractivity contribution in [3.05, 3.63) is 59.7 Å². The van der Waals surface area contributed by atoms with Crippen LogP contribution in [-0.4, -0.2) is 18.4 Å². The fourth-order valence-corrected chi connectivity index (χ4v) is 3.37. The lowest BCUT2D eigenvalue weighted by Gasteiger charge is -2.17. The molecule has 0 unspecified atom stereocenters. The maximum Gasteiger partial charge on any atom is 0.416 e. The molecular weight excluding hydrogens is 381 g/mol. The molecule has 154 valence electrons. The summed E-state index contributed by atoms with van der Waals surface area (Å²) in [4.78, 5) is 26.4. The normalized spacial score (nSPS) is 16.9. The average Bonchev–Trinajstić information content (AvgIpc) is 3.08. The molecule has 1 atom stereocenters. The van der Waals surface area contributed by atoms with Crippen molar-refractivity contribution in [2.75, 3.05) is 16.8 Å². The molecule has 0 aliphatic carbocycles. The van der Waals surface area contributed by atoms with Crippen LogP contribution in [0.15, 0.2) is 48.5 Å². The first-order valence-corrected chi connectivity index (χ1v) is 9.65. The third-order valence-electron chi connectivity index (χ3n) is 5.02. The van der Waals surface area contributed by atoms with Crippen LogP contribution in [0, 0.1) is 5.92 Å². The molecule has 0 radical (unpaired) electrons. The van der Waals surface area contributed by atoms with Gasteiger partial charge in [0.05, 0.1) is 11.5 Å². The highest BCUT2D eigenvalue weighted by Crippen LogP contribution is 2.31. The molecule has 4 nitrogen and oxygen atoms in total. The van der Waals surface area contributed by atoms with Gasteiger partial charge in [0, 0.05) is 24.3 Å². The Morgan fingerprint density at radius 1 is 1.17 bits per heavy atom. The van der Waals surface area contributed by atoms with E-state index in [-0.39, 0.29) is 24.6 Å². The van der Waals surface area contributed by atoms with Crippen LogP contribution in [-0.2, 0) is 22.2 Å². The summed E-state index contributed by atoms with van der Waals surface area (Å²) in [5.74, 6) is -1.24. The Hall–Kier alpha value is -2.83. The van der Waals surface area contributed by atoms with E-state index >= 15 is 0 Å². The van der Waals surface area contributed by atoms with Gasteiger partial charge in [-0.15, -0.1) is 0 Å². The zero-order valence-electron chi connectivity index (χ0n) is 16.1. The summed E-state index contributed by atoms with van der Waals surface area (Å²) >= 11 is 0. The Morgan fingerprint density at radius 2 is 1.90 bits per heavy atom. The number of nitrogens with zero attached hydrogens (tertiary/aromatic N) is 1. The van der Waals surface area contributed by atoms with Gasteiger partial charge in [-0.3, -0.25) is 9.59 Å². The number of carbonyl (C=O) groups excluding carboxylic acids is 2. The van der Waals surface area contributed by atoms with E-state index < -0.39 is 23.6 Å². The summed E-state index contributed by atoms with van der Waals surface area (Å²) in [6.45, 7) is 2.33.